The van der Waals surface area contributed by atoms with Gasteiger partial charge in [0.1, 0.15) is 0 Å². The molecule has 0 bridgehead atoms. The summed E-state index contributed by atoms with van der Waals surface area (Å²) in [5.41, 5.74) is 1.21. The van der Waals surface area contributed by atoms with Crippen LogP contribution in [0.1, 0.15) is 26.7 Å². The Kier molecular flexibility index (Phi) is 4.72. The van der Waals surface area contributed by atoms with Crippen molar-refractivity contribution >= 4 is 44.2 Å². The molecule has 1 saturated heterocycles. The summed E-state index contributed by atoms with van der Waals surface area (Å²) < 4.78 is 8.14. The van der Waals surface area contributed by atoms with Gasteiger partial charge in [0.25, 0.3) is 0 Å². The molecule has 0 aliphatic carbocycles. The second kappa shape index (κ2) is 5.89. The molecule has 0 spiro atoms. The maximum absolute atomic E-state index is 5.76. The number of hydrogen-bond donors (Lipinski definition) is 1. The van der Waals surface area contributed by atoms with Crippen LogP contribution in [0.2, 0.25) is 0 Å². The Labute approximate surface area is 125 Å². The largest absolute Gasteiger partial charge is 0.381 e. The molecule has 1 N–H and O–H groups in total. The zero-order valence-electron chi connectivity index (χ0n) is 10.0. The monoisotopic (exact) mass is 409 g/mol. The smallest absolute Gasteiger partial charge is 0.0570 e. The minimum atomic E-state index is 0.348. The molecule has 1 aromatic carbocycles. The fraction of sp³-hybridized carbons (Fsp3) is 0.538. The third-order valence-electron chi connectivity index (χ3n) is 2.99. The van der Waals surface area contributed by atoms with E-state index in [-0.39, 0.29) is 0 Å². The van der Waals surface area contributed by atoms with E-state index in [9.17, 15) is 0 Å². The van der Waals surface area contributed by atoms with Crippen LogP contribution in [0.15, 0.2) is 22.7 Å². The molecule has 2 unspecified atom stereocenters. The number of nitrogens with one attached hydrogen (secondary N) is 1. The van der Waals surface area contributed by atoms with Crippen LogP contribution in [-0.4, -0.2) is 18.2 Å². The van der Waals surface area contributed by atoms with Crippen molar-refractivity contribution in [1.82, 2.24) is 0 Å². The second-order valence-electron chi connectivity index (χ2n) is 4.69. The fourth-order valence-corrected chi connectivity index (χ4v) is 3.20. The van der Waals surface area contributed by atoms with Crippen LogP contribution in [-0.2, 0) is 4.74 Å². The summed E-state index contributed by atoms with van der Waals surface area (Å²) in [5, 5.41) is 3.63. The van der Waals surface area contributed by atoms with Crippen molar-refractivity contribution in [2.45, 2.75) is 44.9 Å². The zero-order valence-corrected chi connectivity index (χ0v) is 13.8. The van der Waals surface area contributed by atoms with Crippen LogP contribution in [0.3, 0.4) is 0 Å². The lowest BCUT2D eigenvalue weighted by atomic mass is 9.99. The van der Waals surface area contributed by atoms with Crippen LogP contribution in [0.25, 0.3) is 0 Å². The summed E-state index contributed by atoms with van der Waals surface area (Å²) in [6, 6.07) is 6.85. The Morgan fingerprint density at radius 2 is 1.94 bits per heavy atom. The third-order valence-corrected chi connectivity index (χ3v) is 4.42. The van der Waals surface area contributed by atoms with E-state index in [1.54, 1.807) is 0 Å². The van der Waals surface area contributed by atoms with Gasteiger partial charge >= 0.3 is 0 Å². The highest BCUT2D eigenvalue weighted by molar-refractivity contribution is 14.1. The van der Waals surface area contributed by atoms with Crippen LogP contribution in [0.4, 0.5) is 5.69 Å². The molecule has 17 heavy (non-hydrogen) atoms. The van der Waals surface area contributed by atoms with Crippen LogP contribution in [0, 0.1) is 3.57 Å². The van der Waals surface area contributed by atoms with E-state index in [2.05, 4.69) is 75.9 Å². The van der Waals surface area contributed by atoms with Gasteiger partial charge in [-0.1, -0.05) is 15.9 Å². The van der Waals surface area contributed by atoms with E-state index < -0.39 is 0 Å². The zero-order chi connectivity index (χ0) is 12.4. The number of ether oxygens (including phenoxy) is 1. The first-order valence-electron chi connectivity index (χ1n) is 5.91. The highest BCUT2D eigenvalue weighted by Gasteiger charge is 2.24. The standard InChI is InChI=1S/C13H17BrINO/c1-8-5-11(6-9(2)17-8)16-13-7-10(14)3-4-12(13)15/h3-4,7-9,11,16H,5-6H2,1-2H3. The average Bonchev–Trinajstić information content (AvgIpc) is 2.22. The molecule has 1 fully saturated rings. The summed E-state index contributed by atoms with van der Waals surface area (Å²) in [6.07, 6.45) is 2.85. The lowest BCUT2D eigenvalue weighted by Crippen LogP contribution is -2.37. The molecular formula is C13H17BrINO. The van der Waals surface area contributed by atoms with Gasteiger partial charge in [0.2, 0.25) is 0 Å². The lowest BCUT2D eigenvalue weighted by Gasteiger charge is -2.33. The normalized spacial score (nSPS) is 29.1. The topological polar surface area (TPSA) is 21.3 Å². The van der Waals surface area contributed by atoms with Crippen molar-refractivity contribution in [3.63, 3.8) is 0 Å². The van der Waals surface area contributed by atoms with E-state index in [1.807, 2.05) is 0 Å². The summed E-state index contributed by atoms with van der Waals surface area (Å²) in [7, 11) is 0. The maximum atomic E-state index is 5.76. The Morgan fingerprint density at radius 1 is 1.29 bits per heavy atom. The molecule has 1 aliphatic rings. The summed E-state index contributed by atoms with van der Waals surface area (Å²) in [4.78, 5) is 0. The summed E-state index contributed by atoms with van der Waals surface area (Å²) in [6.45, 7) is 4.30. The summed E-state index contributed by atoms with van der Waals surface area (Å²) >= 11 is 5.89. The Morgan fingerprint density at radius 3 is 2.59 bits per heavy atom. The minimum Gasteiger partial charge on any atom is -0.381 e. The van der Waals surface area contributed by atoms with E-state index >= 15 is 0 Å². The first-order valence-corrected chi connectivity index (χ1v) is 7.79. The number of hydrogen-bond acceptors (Lipinski definition) is 2. The van der Waals surface area contributed by atoms with Crippen LogP contribution in [0.5, 0.6) is 0 Å². The quantitative estimate of drug-likeness (QED) is 0.730. The number of halogens is 2. The molecule has 1 aromatic rings. The molecule has 0 saturated carbocycles. The second-order valence-corrected chi connectivity index (χ2v) is 6.77. The molecule has 1 aliphatic heterocycles. The molecule has 2 rings (SSSR count). The molecule has 2 atom stereocenters. The molecule has 0 aromatic heterocycles. The van der Waals surface area contributed by atoms with Gasteiger partial charge in [0.05, 0.1) is 12.2 Å². The van der Waals surface area contributed by atoms with E-state index in [4.69, 9.17) is 4.74 Å². The van der Waals surface area contributed by atoms with Crippen molar-refractivity contribution < 1.29 is 4.74 Å². The first kappa shape index (κ1) is 13.6. The fourth-order valence-electron chi connectivity index (χ4n) is 2.35. The van der Waals surface area contributed by atoms with E-state index in [0.29, 0.717) is 18.2 Å². The number of anilines is 1. The third kappa shape index (κ3) is 3.83. The molecule has 2 nitrogen and oxygen atoms in total. The van der Waals surface area contributed by atoms with Crippen molar-refractivity contribution in [3.05, 3.63) is 26.2 Å². The van der Waals surface area contributed by atoms with Gasteiger partial charge in [-0.05, 0) is 67.5 Å². The SMILES string of the molecule is CC1CC(Nc2cc(Br)ccc2I)CC(C)O1. The lowest BCUT2D eigenvalue weighted by molar-refractivity contribution is -0.0337. The minimum absolute atomic E-state index is 0.348. The van der Waals surface area contributed by atoms with Crippen molar-refractivity contribution in [3.8, 4) is 0 Å². The van der Waals surface area contributed by atoms with Crippen LogP contribution >= 0.6 is 38.5 Å². The molecule has 0 amide bonds. The Bertz CT molecular complexity index is 389. The number of benzene rings is 1. The first-order chi connectivity index (χ1) is 8.04. The van der Waals surface area contributed by atoms with Crippen molar-refractivity contribution in [1.29, 1.82) is 0 Å². The molecular weight excluding hydrogens is 393 g/mol. The predicted molar refractivity (Wildman–Crippen MR) is 83.5 cm³/mol. The Balaban J connectivity index is 2.07. The van der Waals surface area contributed by atoms with Crippen molar-refractivity contribution in [2.75, 3.05) is 5.32 Å². The van der Waals surface area contributed by atoms with E-state index in [1.165, 1.54) is 9.26 Å². The van der Waals surface area contributed by atoms with Gasteiger partial charge in [-0.15, -0.1) is 0 Å². The molecule has 0 radical (unpaired) electrons. The molecule has 4 heteroatoms. The van der Waals surface area contributed by atoms with Gasteiger partial charge in [0, 0.05) is 19.8 Å². The average molecular weight is 410 g/mol. The Hall–Kier alpha value is 0.190. The van der Waals surface area contributed by atoms with Gasteiger partial charge in [-0.25, -0.2) is 0 Å². The highest BCUT2D eigenvalue weighted by atomic mass is 127. The van der Waals surface area contributed by atoms with Crippen LogP contribution < -0.4 is 5.32 Å². The van der Waals surface area contributed by atoms with Gasteiger partial charge < -0.3 is 10.1 Å². The summed E-state index contributed by atoms with van der Waals surface area (Å²) in [5.74, 6) is 0. The van der Waals surface area contributed by atoms with Gasteiger partial charge in [0.15, 0.2) is 0 Å². The number of rotatable bonds is 2. The van der Waals surface area contributed by atoms with Crippen molar-refractivity contribution in [2.24, 2.45) is 0 Å². The molecule has 1 heterocycles. The maximum Gasteiger partial charge on any atom is 0.0570 e. The van der Waals surface area contributed by atoms with Gasteiger partial charge in [-0.2, -0.15) is 0 Å². The molecule has 94 valence electrons. The van der Waals surface area contributed by atoms with E-state index in [0.717, 1.165) is 17.3 Å². The predicted octanol–water partition coefficient (Wildman–Crippen LogP) is 4.42. The van der Waals surface area contributed by atoms with Gasteiger partial charge in [-0.3, -0.25) is 0 Å². The highest BCUT2D eigenvalue weighted by Crippen LogP contribution is 2.27.